The fraction of sp³-hybridized carbons (Fsp3) is 0.283. The van der Waals surface area contributed by atoms with Gasteiger partial charge >= 0.3 is 0 Å². The van der Waals surface area contributed by atoms with Gasteiger partial charge in [-0.25, -0.2) is 24.2 Å². The number of phosphoric ester groups is 2. The van der Waals surface area contributed by atoms with E-state index in [2.05, 4.69) is 33.3 Å². The number of ether oxygens (including phenoxy) is 2. The molecule has 75 heavy (non-hydrogen) atoms. The Labute approximate surface area is 426 Å². The average Bonchev–Trinajstić information content (AvgIpc) is 4.03. The molecule has 400 valence electrons. The highest BCUT2D eigenvalue weighted by Crippen LogP contribution is 2.56. The molecule has 10 atom stereocenters. The number of anilines is 1. The zero-order valence-electron chi connectivity index (χ0n) is 38.9. The van der Waals surface area contributed by atoms with Crippen LogP contribution in [-0.2, 0) is 43.8 Å². The number of aliphatic hydroxyl groups excluding tert-OH is 4. The van der Waals surface area contributed by atoms with Crippen LogP contribution in [0, 0.1) is 0 Å². The Kier molecular flexibility index (Phi) is 20.3. The number of fused-ring (bicyclic) bond motifs is 2. The van der Waals surface area contributed by atoms with E-state index in [0.29, 0.717) is 5.56 Å². The van der Waals surface area contributed by atoms with Crippen molar-refractivity contribution in [2.24, 2.45) is 12.8 Å². The second kappa shape index (κ2) is 25.9. The lowest BCUT2D eigenvalue weighted by Gasteiger charge is -2.31. The molecule has 3 aromatic heterocycles. The summed E-state index contributed by atoms with van der Waals surface area (Å²) in [7, 11) is -9.47. The Bertz CT molecular complexity index is 3170. The van der Waals surface area contributed by atoms with Gasteiger partial charge in [-0.15, -0.1) is 0 Å². The van der Waals surface area contributed by atoms with E-state index in [9.17, 15) is 53.7 Å². The van der Waals surface area contributed by atoms with Gasteiger partial charge < -0.3 is 69.9 Å². The second-order valence-electron chi connectivity index (χ2n) is 16.0. The van der Waals surface area contributed by atoms with Crippen LogP contribution in [0.1, 0.15) is 47.5 Å². The predicted molar refractivity (Wildman–Crippen MR) is 258 cm³/mol. The quantitative estimate of drug-likeness (QED) is 0.0358. The van der Waals surface area contributed by atoms with Gasteiger partial charge in [-0.3, -0.25) is 32.9 Å². The van der Waals surface area contributed by atoms with E-state index in [0.717, 1.165) is 28.7 Å². The van der Waals surface area contributed by atoms with Crippen LogP contribution in [0.5, 0.6) is 0 Å². The SMILES string of the molecule is C.CC(=O)c1ccccc1.Cn1ccc2cc(-c3ccccc3)nc(=O)c-2c1.NC(=O)c1ccc[n+]([C@@H]2O[C@H](COP(=O)([O-])OP(=O)([O-])OC[C@H]3O[C@@H](n4cnc5c(N)ncnc54)C(O)[C@H]3O)C(O)C2O)c1.O=CO. The summed E-state index contributed by atoms with van der Waals surface area (Å²) in [6, 6.07) is 25.7. The minimum atomic E-state index is -5.68. The normalized spacial score (nSPS) is 22.3. The summed E-state index contributed by atoms with van der Waals surface area (Å²) in [6.45, 7) is -0.661. The molecule has 1 amide bonds. The van der Waals surface area contributed by atoms with Gasteiger partial charge in [0.1, 0.15) is 47.9 Å². The number of Topliss-reactive ketones (excluding diaryl/α,β-unsaturated/α-hetero) is 1. The van der Waals surface area contributed by atoms with E-state index in [1.54, 1.807) is 13.1 Å². The first-order valence-corrected chi connectivity index (χ1v) is 24.6. The summed E-state index contributed by atoms with van der Waals surface area (Å²) >= 11 is 0. The average molecular weight is 1080 g/mol. The number of hydrogen-bond donors (Lipinski definition) is 7. The smallest absolute Gasteiger partial charge is 0.292 e. The van der Waals surface area contributed by atoms with Crippen LogP contribution < -0.4 is 31.4 Å². The Hall–Kier alpha value is -7.07. The predicted octanol–water partition coefficient (Wildman–Crippen LogP) is 0.498. The second-order valence-corrected chi connectivity index (χ2v) is 18.9. The lowest BCUT2D eigenvalue weighted by atomic mass is 10.0. The molecule has 4 aliphatic heterocycles. The number of primary amides is 1. The minimum Gasteiger partial charge on any atom is -0.756 e. The number of nitrogen functional groups attached to an aromatic ring is 1. The van der Waals surface area contributed by atoms with Gasteiger partial charge in [0.05, 0.1) is 30.8 Å². The maximum absolute atomic E-state index is 12.3. The first-order chi connectivity index (χ1) is 35.1. The summed E-state index contributed by atoms with van der Waals surface area (Å²) in [4.78, 5) is 82.9. The van der Waals surface area contributed by atoms with Crippen molar-refractivity contribution in [3.63, 3.8) is 0 Å². The lowest BCUT2D eigenvalue weighted by Crippen LogP contribution is -2.46. The van der Waals surface area contributed by atoms with Gasteiger partial charge in [-0.1, -0.05) is 68.1 Å². The number of aromatic nitrogens is 7. The van der Waals surface area contributed by atoms with Gasteiger partial charge in [-0.05, 0) is 30.7 Å². The number of benzene rings is 2. The molecule has 0 spiro atoms. The maximum atomic E-state index is 12.3. The number of ketones is 1. The van der Waals surface area contributed by atoms with Gasteiger partial charge in [0, 0.05) is 36.6 Å². The van der Waals surface area contributed by atoms with Crippen LogP contribution >= 0.6 is 15.6 Å². The Morgan fingerprint density at radius 2 is 1.43 bits per heavy atom. The standard InChI is InChI=1S/C21H27N7O14P2.C15H12N2O.C8H8O.CH2O2.CH4/c22-17-12-19(25-7-24-17)28(8-26-12)21-16(32)14(30)11(41-21)6-39-44(36,37)42-43(34,35)38-5-10-13(29)15(31)20(40-10)27-3-1-2-9(4-27)18(23)33;1-17-8-7-12-9-14(11-5-3-2-4-6-11)16-15(18)13(12)10-17;1-7(9)8-5-3-2-4-6-8;2-1-3;/h1-4,7-8,10-11,13-16,20-21,29-32H,5-6H2,(H5-,22,23,24,25,33,34,35,36,37);2-10H,1H3;2-6H,1H3;1H,(H,2,3);1H4/p-1/t10-,11-,13?,14+,15?,16?,20-,21-;;;;/m1..../s1. The van der Waals surface area contributed by atoms with Crippen molar-refractivity contribution in [3.05, 3.63) is 144 Å². The van der Waals surface area contributed by atoms with Gasteiger partial charge in [0.2, 0.25) is 0 Å². The van der Waals surface area contributed by atoms with Gasteiger partial charge in [0.15, 0.2) is 42.0 Å². The van der Waals surface area contributed by atoms with Crippen LogP contribution in [0.15, 0.2) is 127 Å². The molecule has 29 heteroatoms. The third kappa shape index (κ3) is 15.0. The molecule has 0 saturated carbocycles. The number of carbonyl (C=O) groups is 3. The number of carboxylic acid groups (broad SMARTS) is 1. The van der Waals surface area contributed by atoms with E-state index in [1.165, 1.54) is 40.0 Å². The van der Waals surface area contributed by atoms with Crippen molar-refractivity contribution in [1.82, 2.24) is 29.1 Å². The number of carbonyl (C=O) groups excluding carboxylic acids is 2. The largest absolute Gasteiger partial charge is 0.756 e. The monoisotopic (exact) mass is 1080 g/mol. The molecule has 9 N–H and O–H groups in total. The minimum absolute atomic E-state index is 0. The Balaban J connectivity index is 0.000000272. The van der Waals surface area contributed by atoms with Crippen molar-refractivity contribution in [3.8, 4) is 22.4 Å². The number of aryl methyl sites for hydroxylation is 1. The van der Waals surface area contributed by atoms with E-state index in [1.807, 2.05) is 90.6 Å². The first-order valence-electron chi connectivity index (χ1n) is 21.7. The van der Waals surface area contributed by atoms with Crippen molar-refractivity contribution >= 4 is 50.8 Å². The van der Waals surface area contributed by atoms with Crippen LogP contribution in [0.2, 0.25) is 0 Å². The summed E-state index contributed by atoms with van der Waals surface area (Å²) < 4.78 is 52.9. The number of phosphoric acid groups is 2. The Morgan fingerprint density at radius 3 is 2.03 bits per heavy atom. The fourth-order valence-corrected chi connectivity index (χ4v) is 9.27. The van der Waals surface area contributed by atoms with Crippen LogP contribution in [0.4, 0.5) is 5.82 Å². The molecule has 5 aromatic rings. The van der Waals surface area contributed by atoms with Gasteiger partial charge in [0.25, 0.3) is 39.8 Å². The summed E-state index contributed by atoms with van der Waals surface area (Å²) in [5.41, 5.74) is 15.2. The van der Waals surface area contributed by atoms with Crippen molar-refractivity contribution < 1.29 is 86.2 Å². The fourth-order valence-electron chi connectivity index (χ4n) is 7.25. The molecule has 0 bridgehead atoms. The molecular formula is C46H52N9O18P2-. The Morgan fingerprint density at radius 1 is 0.840 bits per heavy atom. The highest BCUT2D eigenvalue weighted by molar-refractivity contribution is 7.59. The molecule has 0 radical (unpaired) electrons. The van der Waals surface area contributed by atoms with E-state index in [-0.39, 0.29) is 47.8 Å². The number of imidazole rings is 1. The number of rotatable bonds is 13. The molecule has 2 fully saturated rings. The van der Waals surface area contributed by atoms with Crippen LogP contribution in [-0.4, -0.2) is 123 Å². The highest BCUT2D eigenvalue weighted by atomic mass is 31.3. The molecule has 4 aliphatic rings. The van der Waals surface area contributed by atoms with E-state index < -0.39 is 83.8 Å². The van der Waals surface area contributed by atoms with Crippen molar-refractivity contribution in [1.29, 1.82) is 0 Å². The summed E-state index contributed by atoms with van der Waals surface area (Å²) in [5.74, 6) is -0.622. The van der Waals surface area contributed by atoms with Crippen molar-refractivity contribution in [2.45, 2.75) is 63.4 Å². The topological polar surface area (TPSA) is 413 Å². The van der Waals surface area contributed by atoms with Crippen molar-refractivity contribution in [2.75, 3.05) is 18.9 Å². The lowest BCUT2D eigenvalue weighted by molar-refractivity contribution is -0.765. The molecule has 9 rings (SSSR count). The van der Waals surface area contributed by atoms with E-state index >= 15 is 0 Å². The number of aliphatic hydroxyl groups is 4. The number of pyridine rings is 3. The molecule has 27 nitrogen and oxygen atoms in total. The van der Waals surface area contributed by atoms with Gasteiger partial charge in [-0.2, -0.15) is 4.57 Å². The third-order valence-electron chi connectivity index (χ3n) is 10.9. The maximum Gasteiger partial charge on any atom is 0.292 e. The van der Waals surface area contributed by atoms with Crippen LogP contribution in [0.25, 0.3) is 33.5 Å². The highest BCUT2D eigenvalue weighted by Gasteiger charge is 2.49. The van der Waals surface area contributed by atoms with E-state index in [4.69, 9.17) is 30.8 Å². The van der Waals surface area contributed by atoms with Crippen LogP contribution in [0.3, 0.4) is 0 Å². The molecular weight excluding hydrogens is 1030 g/mol. The number of nitrogens with zero attached hydrogens (tertiary/aromatic N) is 7. The molecule has 5 unspecified atom stereocenters. The number of hydrogen-bond acceptors (Lipinski definition) is 22. The molecule has 0 aliphatic carbocycles. The zero-order chi connectivity index (χ0) is 53.9. The summed E-state index contributed by atoms with van der Waals surface area (Å²) in [6.07, 6.45) is -3.53. The molecule has 2 aromatic carbocycles. The third-order valence-corrected chi connectivity index (χ3v) is 13.4. The molecule has 7 heterocycles. The first kappa shape index (κ1) is 58.8. The molecule has 2 saturated heterocycles. The zero-order valence-corrected chi connectivity index (χ0v) is 40.7. The number of amides is 1. The summed E-state index contributed by atoms with van der Waals surface area (Å²) in [5, 5.41) is 48.4. The number of nitrogens with two attached hydrogens (primary N) is 2.